The molecular weight excluding hydrogens is 276 g/mol. The van der Waals surface area contributed by atoms with E-state index in [-0.39, 0.29) is 5.54 Å². The van der Waals surface area contributed by atoms with E-state index >= 15 is 0 Å². The third-order valence-corrected chi connectivity index (χ3v) is 5.49. The van der Waals surface area contributed by atoms with Gasteiger partial charge in [0.1, 0.15) is 5.82 Å². The molecule has 4 aliphatic rings. The summed E-state index contributed by atoms with van der Waals surface area (Å²) in [5.41, 5.74) is 1.10. The summed E-state index contributed by atoms with van der Waals surface area (Å²) >= 11 is 0. The number of anilines is 1. The molecule has 1 atom stereocenters. The zero-order valence-electron chi connectivity index (χ0n) is 12.5. The van der Waals surface area contributed by atoms with Crippen molar-refractivity contribution in [3.05, 3.63) is 36.3 Å². The molecule has 6 heterocycles. The van der Waals surface area contributed by atoms with Crippen molar-refractivity contribution in [1.82, 2.24) is 24.8 Å². The summed E-state index contributed by atoms with van der Waals surface area (Å²) in [6.45, 7) is 3.71. The topological polar surface area (TPSA) is 57.5 Å². The predicted octanol–water partition coefficient (Wildman–Crippen LogP) is 1.44. The zero-order chi connectivity index (χ0) is 14.6. The molecule has 6 rings (SSSR count). The average molecular weight is 296 g/mol. The van der Waals surface area contributed by atoms with Crippen LogP contribution in [-0.2, 0) is 0 Å². The van der Waals surface area contributed by atoms with Crippen LogP contribution in [0.3, 0.4) is 0 Å². The van der Waals surface area contributed by atoms with Crippen molar-refractivity contribution in [2.24, 2.45) is 5.92 Å². The third kappa shape index (κ3) is 1.76. The van der Waals surface area contributed by atoms with Crippen LogP contribution in [0.25, 0.3) is 5.65 Å². The van der Waals surface area contributed by atoms with E-state index in [1.165, 1.54) is 32.5 Å². The molecule has 4 aliphatic heterocycles. The highest BCUT2D eigenvalue weighted by Crippen LogP contribution is 2.41. The van der Waals surface area contributed by atoms with Gasteiger partial charge in [0.25, 0.3) is 0 Å². The standard InChI is InChI=1S/C16H20N6/c1-2-8-22-14(3-1)19-20-15(22)17-13-4-7-16(18-13)11-21-9-5-12(16)6-10-21/h1-4,8,12,18H,5-7,9-11H2,(H,17,20)/t16-/m0/s1. The van der Waals surface area contributed by atoms with E-state index in [9.17, 15) is 0 Å². The van der Waals surface area contributed by atoms with Gasteiger partial charge in [0.05, 0.1) is 5.54 Å². The number of pyridine rings is 1. The molecule has 3 saturated heterocycles. The average Bonchev–Trinajstić information content (AvgIpc) is 3.14. The highest BCUT2D eigenvalue weighted by atomic mass is 15.4. The van der Waals surface area contributed by atoms with Crippen LogP contribution in [-0.4, -0.2) is 44.7 Å². The molecule has 2 N–H and O–H groups in total. The Hall–Kier alpha value is -2.08. The summed E-state index contributed by atoms with van der Waals surface area (Å²) < 4.78 is 1.98. The number of nitrogens with zero attached hydrogens (tertiary/aromatic N) is 4. The smallest absolute Gasteiger partial charge is 0.234 e. The van der Waals surface area contributed by atoms with E-state index in [0.717, 1.165) is 29.8 Å². The Morgan fingerprint density at radius 3 is 2.95 bits per heavy atom. The fourth-order valence-corrected chi connectivity index (χ4v) is 4.33. The second-order valence-corrected chi connectivity index (χ2v) is 6.73. The Kier molecular flexibility index (Phi) is 2.52. The summed E-state index contributed by atoms with van der Waals surface area (Å²) in [5.74, 6) is 2.64. The van der Waals surface area contributed by atoms with Gasteiger partial charge in [-0.3, -0.25) is 4.40 Å². The van der Waals surface area contributed by atoms with E-state index in [1.54, 1.807) is 0 Å². The molecular formula is C16H20N6. The fourth-order valence-electron chi connectivity index (χ4n) is 4.33. The maximum Gasteiger partial charge on any atom is 0.234 e. The van der Waals surface area contributed by atoms with Gasteiger partial charge >= 0.3 is 0 Å². The van der Waals surface area contributed by atoms with Gasteiger partial charge in [-0.15, -0.1) is 10.2 Å². The minimum absolute atomic E-state index is 0.235. The van der Waals surface area contributed by atoms with Gasteiger partial charge in [0, 0.05) is 12.7 Å². The van der Waals surface area contributed by atoms with Gasteiger partial charge in [-0.2, -0.15) is 0 Å². The number of nitrogens with one attached hydrogen (secondary N) is 2. The summed E-state index contributed by atoms with van der Waals surface area (Å²) in [6, 6.07) is 5.93. The molecule has 0 saturated carbocycles. The highest BCUT2D eigenvalue weighted by molar-refractivity contribution is 5.48. The lowest BCUT2D eigenvalue weighted by Crippen LogP contribution is -2.64. The molecule has 6 heteroatoms. The maximum atomic E-state index is 4.25. The first-order valence-electron chi connectivity index (χ1n) is 8.10. The molecule has 22 heavy (non-hydrogen) atoms. The fraction of sp³-hybridized carbons (Fsp3) is 0.500. The zero-order valence-corrected chi connectivity index (χ0v) is 12.5. The van der Waals surface area contributed by atoms with Crippen LogP contribution in [0.4, 0.5) is 5.95 Å². The second-order valence-electron chi connectivity index (χ2n) is 6.73. The summed E-state index contributed by atoms with van der Waals surface area (Å²) in [6.07, 6.45) is 8.01. The van der Waals surface area contributed by atoms with Crippen LogP contribution in [0.5, 0.6) is 0 Å². The number of rotatable bonds is 2. The van der Waals surface area contributed by atoms with E-state index in [4.69, 9.17) is 0 Å². The lowest BCUT2D eigenvalue weighted by Gasteiger charge is -2.52. The summed E-state index contributed by atoms with van der Waals surface area (Å²) in [5, 5.41) is 15.6. The predicted molar refractivity (Wildman–Crippen MR) is 84.3 cm³/mol. The first-order valence-corrected chi connectivity index (χ1v) is 8.10. The van der Waals surface area contributed by atoms with Crippen molar-refractivity contribution < 1.29 is 0 Å². The van der Waals surface area contributed by atoms with Crippen LogP contribution < -0.4 is 10.6 Å². The number of hydrogen-bond donors (Lipinski definition) is 2. The monoisotopic (exact) mass is 296 g/mol. The largest absolute Gasteiger partial charge is 0.364 e. The van der Waals surface area contributed by atoms with Crippen LogP contribution in [0.15, 0.2) is 36.3 Å². The lowest BCUT2D eigenvalue weighted by molar-refractivity contribution is 0.0189. The Balaban J connectivity index is 1.37. The molecule has 3 fully saturated rings. The first kappa shape index (κ1) is 12.5. The molecule has 0 radical (unpaired) electrons. The molecule has 6 nitrogen and oxygen atoms in total. The quantitative estimate of drug-likeness (QED) is 0.878. The Morgan fingerprint density at radius 1 is 1.23 bits per heavy atom. The van der Waals surface area contributed by atoms with Crippen LogP contribution >= 0.6 is 0 Å². The molecule has 1 spiro atoms. The molecule has 2 bridgehead atoms. The van der Waals surface area contributed by atoms with Crippen LogP contribution in [0, 0.1) is 5.92 Å². The molecule has 0 amide bonds. The minimum Gasteiger partial charge on any atom is -0.364 e. The number of aromatic nitrogens is 3. The van der Waals surface area contributed by atoms with Crippen LogP contribution in [0.1, 0.15) is 19.3 Å². The van der Waals surface area contributed by atoms with E-state index in [1.807, 2.05) is 28.8 Å². The van der Waals surface area contributed by atoms with Gasteiger partial charge in [0.15, 0.2) is 5.65 Å². The van der Waals surface area contributed by atoms with Crippen molar-refractivity contribution in [2.45, 2.75) is 24.8 Å². The Labute approximate surface area is 129 Å². The van der Waals surface area contributed by atoms with Gasteiger partial charge < -0.3 is 15.5 Å². The van der Waals surface area contributed by atoms with Gasteiger partial charge in [-0.1, -0.05) is 6.07 Å². The summed E-state index contributed by atoms with van der Waals surface area (Å²) in [4.78, 5) is 2.59. The first-order chi connectivity index (χ1) is 10.8. The molecule has 0 aromatic carbocycles. The van der Waals surface area contributed by atoms with Gasteiger partial charge in [-0.25, -0.2) is 0 Å². The molecule has 0 aliphatic carbocycles. The molecule has 2 aromatic heterocycles. The molecule has 0 unspecified atom stereocenters. The maximum absolute atomic E-state index is 4.25. The Morgan fingerprint density at radius 2 is 2.14 bits per heavy atom. The van der Waals surface area contributed by atoms with Crippen molar-refractivity contribution in [3.63, 3.8) is 0 Å². The van der Waals surface area contributed by atoms with Gasteiger partial charge in [0.2, 0.25) is 5.95 Å². The lowest BCUT2D eigenvalue weighted by atomic mass is 9.72. The normalized spacial score (nSPS) is 33.2. The van der Waals surface area contributed by atoms with Crippen molar-refractivity contribution in [1.29, 1.82) is 0 Å². The van der Waals surface area contributed by atoms with Crippen LogP contribution in [0.2, 0.25) is 0 Å². The van der Waals surface area contributed by atoms with E-state index in [0.29, 0.717) is 0 Å². The number of hydrogen-bond acceptors (Lipinski definition) is 5. The Bertz CT molecular complexity index is 742. The van der Waals surface area contributed by atoms with Crippen molar-refractivity contribution >= 4 is 11.6 Å². The van der Waals surface area contributed by atoms with Crippen molar-refractivity contribution in [3.8, 4) is 0 Å². The number of fused-ring (bicyclic) bond motifs is 3. The summed E-state index contributed by atoms with van der Waals surface area (Å²) in [7, 11) is 0. The second kappa shape index (κ2) is 4.46. The molecule has 114 valence electrons. The minimum atomic E-state index is 0.235. The third-order valence-electron chi connectivity index (χ3n) is 5.49. The number of piperidine rings is 3. The van der Waals surface area contributed by atoms with Crippen molar-refractivity contribution in [2.75, 3.05) is 25.0 Å². The van der Waals surface area contributed by atoms with E-state index < -0.39 is 0 Å². The highest BCUT2D eigenvalue weighted by Gasteiger charge is 2.48. The van der Waals surface area contributed by atoms with Gasteiger partial charge in [-0.05, 0) is 56.5 Å². The SMILES string of the molecule is C1=C(Nc2nnc3ccccn23)N[C@@]2(C1)CN1CCC2CC1. The van der Waals surface area contributed by atoms with E-state index in [2.05, 4.69) is 31.8 Å². The molecule has 2 aromatic rings.